The van der Waals surface area contributed by atoms with E-state index in [1.807, 2.05) is 54.6 Å². The molecule has 3 aromatic rings. The number of nitrogens with zero attached hydrogens (tertiary/aromatic N) is 2. The number of azo groups is 1. The number of ether oxygens (including phenoxy) is 1. The first-order valence-electron chi connectivity index (χ1n) is 9.51. The Balaban J connectivity index is 1.72. The van der Waals surface area contributed by atoms with Gasteiger partial charge in [-0.3, -0.25) is 4.79 Å². The van der Waals surface area contributed by atoms with Gasteiger partial charge in [0.1, 0.15) is 5.75 Å². The van der Waals surface area contributed by atoms with Crippen molar-refractivity contribution in [3.05, 3.63) is 101 Å². The van der Waals surface area contributed by atoms with Gasteiger partial charge in [-0.15, -0.1) is 0 Å². The first kappa shape index (κ1) is 16.9. The average molecular weight is 368 g/mol. The fourth-order valence-corrected chi connectivity index (χ4v) is 4.30. The standard InChI is InChI=1S/C24H20N2O2/c1-16-11-13-17(14-12-16)20-15-25-26-24(20)22(27)19-9-5-6-10-21(19)28-23(24)18-7-3-2-4-8-18/h2-14,20,23H,15H2,1H3. The monoisotopic (exact) mass is 368 g/mol. The molecular weight excluding hydrogens is 348 g/mol. The summed E-state index contributed by atoms with van der Waals surface area (Å²) in [6.45, 7) is 2.53. The van der Waals surface area contributed by atoms with Crippen LogP contribution in [0.5, 0.6) is 5.75 Å². The zero-order chi connectivity index (χ0) is 19.1. The lowest BCUT2D eigenvalue weighted by molar-refractivity contribution is 0.0521. The molecule has 0 saturated carbocycles. The molecule has 3 aromatic carbocycles. The summed E-state index contributed by atoms with van der Waals surface area (Å²) in [5.74, 6) is 0.422. The lowest BCUT2D eigenvalue weighted by Crippen LogP contribution is -2.51. The van der Waals surface area contributed by atoms with Crippen LogP contribution >= 0.6 is 0 Å². The number of hydrogen-bond acceptors (Lipinski definition) is 4. The van der Waals surface area contributed by atoms with Gasteiger partial charge in [0.15, 0.2) is 11.6 Å². The van der Waals surface area contributed by atoms with Gasteiger partial charge in [-0.25, -0.2) is 0 Å². The van der Waals surface area contributed by atoms with Crippen molar-refractivity contribution in [1.29, 1.82) is 0 Å². The summed E-state index contributed by atoms with van der Waals surface area (Å²) in [7, 11) is 0. The molecule has 0 aromatic heterocycles. The Hall–Kier alpha value is -3.27. The smallest absolute Gasteiger partial charge is 0.200 e. The predicted molar refractivity (Wildman–Crippen MR) is 107 cm³/mol. The molecule has 0 radical (unpaired) electrons. The maximum absolute atomic E-state index is 13.8. The molecule has 28 heavy (non-hydrogen) atoms. The van der Waals surface area contributed by atoms with Gasteiger partial charge in [-0.1, -0.05) is 72.3 Å². The topological polar surface area (TPSA) is 51.0 Å². The van der Waals surface area contributed by atoms with Crippen LogP contribution in [0.1, 0.15) is 39.1 Å². The summed E-state index contributed by atoms with van der Waals surface area (Å²) >= 11 is 0. The van der Waals surface area contributed by atoms with Gasteiger partial charge in [-0.2, -0.15) is 10.2 Å². The molecule has 138 valence electrons. The van der Waals surface area contributed by atoms with Crippen LogP contribution in [-0.2, 0) is 0 Å². The Morgan fingerprint density at radius 3 is 2.39 bits per heavy atom. The molecule has 2 aliphatic heterocycles. The summed E-state index contributed by atoms with van der Waals surface area (Å²) in [6, 6.07) is 25.6. The first-order valence-corrected chi connectivity index (χ1v) is 9.51. The zero-order valence-corrected chi connectivity index (χ0v) is 15.6. The molecule has 0 fully saturated rings. The number of aryl methyl sites for hydroxylation is 1. The summed E-state index contributed by atoms with van der Waals surface area (Å²) in [6.07, 6.45) is -0.520. The lowest BCUT2D eigenvalue weighted by atomic mass is 9.69. The molecule has 0 bridgehead atoms. The van der Waals surface area contributed by atoms with E-state index in [1.54, 1.807) is 0 Å². The van der Waals surface area contributed by atoms with E-state index in [0.29, 0.717) is 17.9 Å². The third-order valence-corrected chi connectivity index (χ3v) is 5.75. The highest BCUT2D eigenvalue weighted by Crippen LogP contribution is 2.52. The van der Waals surface area contributed by atoms with Crippen molar-refractivity contribution in [3.63, 3.8) is 0 Å². The minimum atomic E-state index is -1.09. The van der Waals surface area contributed by atoms with Crippen LogP contribution in [-0.4, -0.2) is 17.9 Å². The van der Waals surface area contributed by atoms with Crippen LogP contribution in [0.15, 0.2) is 89.1 Å². The Labute approximate surface area is 163 Å². The van der Waals surface area contributed by atoms with Crippen LogP contribution in [0.2, 0.25) is 0 Å². The van der Waals surface area contributed by atoms with Gasteiger partial charge in [0, 0.05) is 5.92 Å². The van der Waals surface area contributed by atoms with Crippen molar-refractivity contribution in [2.75, 3.05) is 6.54 Å². The van der Waals surface area contributed by atoms with Crippen molar-refractivity contribution in [2.45, 2.75) is 24.5 Å². The third kappa shape index (κ3) is 2.41. The van der Waals surface area contributed by atoms with Crippen molar-refractivity contribution < 1.29 is 9.53 Å². The van der Waals surface area contributed by atoms with Crippen molar-refractivity contribution in [3.8, 4) is 5.75 Å². The molecule has 2 aliphatic rings. The van der Waals surface area contributed by atoms with Gasteiger partial charge >= 0.3 is 0 Å². The van der Waals surface area contributed by atoms with Gasteiger partial charge in [0.2, 0.25) is 5.78 Å². The number of ketones is 1. The molecule has 4 nitrogen and oxygen atoms in total. The molecule has 0 saturated heterocycles. The van der Waals surface area contributed by atoms with E-state index in [4.69, 9.17) is 4.74 Å². The maximum Gasteiger partial charge on any atom is 0.200 e. The second-order valence-electron chi connectivity index (χ2n) is 7.45. The first-order chi connectivity index (χ1) is 13.7. The number of benzene rings is 3. The third-order valence-electron chi connectivity index (χ3n) is 5.75. The molecule has 5 rings (SSSR count). The number of rotatable bonds is 2. The van der Waals surface area contributed by atoms with E-state index in [-0.39, 0.29) is 11.7 Å². The SMILES string of the molecule is Cc1ccc(C2CN=NC23C(=O)c2ccccc2OC3c2ccccc2)cc1. The van der Waals surface area contributed by atoms with Gasteiger partial charge in [-0.05, 0) is 30.2 Å². The van der Waals surface area contributed by atoms with Crippen molar-refractivity contribution >= 4 is 5.78 Å². The Morgan fingerprint density at radius 2 is 1.61 bits per heavy atom. The molecule has 3 atom stereocenters. The molecule has 0 aliphatic carbocycles. The number of Topliss-reactive ketones (excluding diaryl/α,β-unsaturated/α-hetero) is 1. The fraction of sp³-hybridized carbons (Fsp3) is 0.208. The highest BCUT2D eigenvalue weighted by Gasteiger charge is 2.60. The normalized spacial score (nSPS) is 25.5. The van der Waals surface area contributed by atoms with Crippen LogP contribution in [0, 0.1) is 6.92 Å². The van der Waals surface area contributed by atoms with E-state index >= 15 is 0 Å². The quantitative estimate of drug-likeness (QED) is 0.616. The molecule has 0 N–H and O–H groups in total. The van der Waals surface area contributed by atoms with Gasteiger partial charge in [0.25, 0.3) is 0 Å². The van der Waals surface area contributed by atoms with E-state index in [1.165, 1.54) is 5.56 Å². The minimum Gasteiger partial charge on any atom is -0.482 e. The van der Waals surface area contributed by atoms with Crippen LogP contribution in [0.25, 0.3) is 0 Å². The second-order valence-corrected chi connectivity index (χ2v) is 7.45. The van der Waals surface area contributed by atoms with Crippen molar-refractivity contribution in [2.24, 2.45) is 10.2 Å². The molecule has 3 unspecified atom stereocenters. The fourth-order valence-electron chi connectivity index (χ4n) is 4.30. The van der Waals surface area contributed by atoms with Gasteiger partial charge < -0.3 is 4.74 Å². The number of fused-ring (bicyclic) bond motifs is 1. The number of carbonyl (C=O) groups excluding carboxylic acids is 1. The lowest BCUT2D eigenvalue weighted by Gasteiger charge is -2.41. The maximum atomic E-state index is 13.8. The largest absolute Gasteiger partial charge is 0.482 e. The summed E-state index contributed by atoms with van der Waals surface area (Å²) in [5, 5.41) is 8.96. The number of para-hydroxylation sites is 1. The highest BCUT2D eigenvalue weighted by atomic mass is 16.5. The summed E-state index contributed by atoms with van der Waals surface area (Å²) < 4.78 is 6.43. The van der Waals surface area contributed by atoms with Crippen LogP contribution in [0.4, 0.5) is 0 Å². The van der Waals surface area contributed by atoms with Crippen LogP contribution in [0.3, 0.4) is 0 Å². The number of carbonyl (C=O) groups is 1. The van der Waals surface area contributed by atoms with Crippen LogP contribution < -0.4 is 4.74 Å². The Bertz CT molecular complexity index is 1060. The molecule has 1 spiro atoms. The predicted octanol–water partition coefficient (Wildman–Crippen LogP) is 5.30. The Kier molecular flexibility index (Phi) is 3.86. The summed E-state index contributed by atoms with van der Waals surface area (Å²) in [4.78, 5) is 13.8. The minimum absolute atomic E-state index is 0.0185. The molecule has 0 amide bonds. The van der Waals surface area contributed by atoms with E-state index in [0.717, 1.165) is 11.1 Å². The Morgan fingerprint density at radius 1 is 0.893 bits per heavy atom. The molecule has 2 heterocycles. The van der Waals surface area contributed by atoms with Crippen molar-refractivity contribution in [1.82, 2.24) is 0 Å². The second kappa shape index (κ2) is 6.41. The summed E-state index contributed by atoms with van der Waals surface area (Å²) in [5.41, 5.74) is 2.66. The molecular formula is C24H20N2O2. The molecule has 4 heteroatoms. The highest BCUT2D eigenvalue weighted by molar-refractivity contribution is 6.08. The van der Waals surface area contributed by atoms with E-state index in [9.17, 15) is 4.79 Å². The zero-order valence-electron chi connectivity index (χ0n) is 15.6. The van der Waals surface area contributed by atoms with Gasteiger partial charge in [0.05, 0.1) is 12.1 Å². The average Bonchev–Trinajstić information content (AvgIpc) is 3.17. The van der Waals surface area contributed by atoms with E-state index < -0.39 is 11.6 Å². The van der Waals surface area contributed by atoms with E-state index in [2.05, 4.69) is 41.4 Å². The number of hydrogen-bond donors (Lipinski definition) is 0.